The predicted octanol–water partition coefficient (Wildman–Crippen LogP) is 2.03. The van der Waals surface area contributed by atoms with Crippen LogP contribution < -0.4 is 15.6 Å². The standard InChI is InChI=1S/C20H20N4O4/c1-13-8-9-14(2)17(10-13)28-12-18(26)21-22-20(27)19-16(25)11-24(23-19)15-6-4-3-5-7-15/h3-11,25H,12H2,1-2H3,(H,21,26)(H,22,27). The highest BCUT2D eigenvalue weighted by molar-refractivity contribution is 5.96. The van der Waals surface area contributed by atoms with Crippen molar-refractivity contribution in [2.24, 2.45) is 0 Å². The zero-order valence-electron chi connectivity index (χ0n) is 15.5. The number of nitrogens with zero attached hydrogens (tertiary/aromatic N) is 2. The lowest BCUT2D eigenvalue weighted by atomic mass is 10.1. The fraction of sp³-hybridized carbons (Fsp3) is 0.150. The summed E-state index contributed by atoms with van der Waals surface area (Å²) >= 11 is 0. The molecule has 0 unspecified atom stereocenters. The predicted molar refractivity (Wildman–Crippen MR) is 102 cm³/mol. The summed E-state index contributed by atoms with van der Waals surface area (Å²) in [7, 11) is 0. The van der Waals surface area contributed by atoms with Gasteiger partial charge in [0.05, 0.1) is 11.9 Å². The molecule has 8 nitrogen and oxygen atoms in total. The van der Waals surface area contributed by atoms with Crippen LogP contribution in [0.1, 0.15) is 21.6 Å². The quantitative estimate of drug-likeness (QED) is 0.588. The number of amides is 2. The smallest absolute Gasteiger partial charge is 0.294 e. The van der Waals surface area contributed by atoms with Crippen LogP contribution in [0.15, 0.2) is 54.7 Å². The summed E-state index contributed by atoms with van der Waals surface area (Å²) < 4.78 is 6.84. The lowest BCUT2D eigenvalue weighted by molar-refractivity contribution is -0.123. The lowest BCUT2D eigenvalue weighted by Gasteiger charge is -2.10. The Balaban J connectivity index is 1.56. The first-order chi connectivity index (χ1) is 13.4. The van der Waals surface area contributed by atoms with E-state index in [1.54, 1.807) is 12.1 Å². The second-order valence-electron chi connectivity index (χ2n) is 6.20. The molecule has 0 bridgehead atoms. The van der Waals surface area contributed by atoms with Crippen LogP contribution in [0, 0.1) is 13.8 Å². The van der Waals surface area contributed by atoms with Crippen LogP contribution in [-0.4, -0.2) is 33.3 Å². The molecule has 0 aliphatic carbocycles. The van der Waals surface area contributed by atoms with Gasteiger partial charge < -0.3 is 9.84 Å². The Kier molecular flexibility index (Phi) is 5.59. The Bertz CT molecular complexity index is 999. The number of nitrogens with one attached hydrogen (secondary N) is 2. The molecule has 0 aliphatic heterocycles. The number of hydrogen-bond donors (Lipinski definition) is 3. The van der Waals surface area contributed by atoms with Gasteiger partial charge in [0.1, 0.15) is 5.75 Å². The molecule has 0 saturated heterocycles. The molecule has 2 aromatic carbocycles. The van der Waals surface area contributed by atoms with Crippen LogP contribution in [0.5, 0.6) is 11.5 Å². The SMILES string of the molecule is Cc1ccc(C)c(OCC(=O)NNC(=O)c2nn(-c3ccccc3)cc2O)c1. The van der Waals surface area contributed by atoms with Crippen LogP contribution >= 0.6 is 0 Å². The first kappa shape index (κ1) is 19.0. The van der Waals surface area contributed by atoms with Crippen molar-refractivity contribution >= 4 is 11.8 Å². The molecule has 0 aliphatic rings. The first-order valence-corrected chi connectivity index (χ1v) is 8.57. The Morgan fingerprint density at radius 1 is 1.11 bits per heavy atom. The van der Waals surface area contributed by atoms with Gasteiger partial charge in [0.15, 0.2) is 18.1 Å². The zero-order chi connectivity index (χ0) is 20.1. The molecule has 8 heteroatoms. The van der Waals surface area contributed by atoms with Crippen molar-refractivity contribution in [3.05, 3.63) is 71.5 Å². The summed E-state index contributed by atoms with van der Waals surface area (Å²) in [5.41, 5.74) is 6.84. The second kappa shape index (κ2) is 8.26. The number of carbonyl (C=O) groups excluding carboxylic acids is 2. The molecule has 0 radical (unpaired) electrons. The third-order valence-electron chi connectivity index (χ3n) is 3.95. The highest BCUT2D eigenvalue weighted by atomic mass is 16.5. The molecule has 3 rings (SSSR count). The van der Waals surface area contributed by atoms with Crippen LogP contribution in [0.2, 0.25) is 0 Å². The maximum Gasteiger partial charge on any atom is 0.294 e. The summed E-state index contributed by atoms with van der Waals surface area (Å²) in [4.78, 5) is 24.1. The van der Waals surface area contributed by atoms with Gasteiger partial charge in [-0.2, -0.15) is 5.10 Å². The number of carbonyl (C=O) groups is 2. The van der Waals surface area contributed by atoms with Crippen molar-refractivity contribution < 1.29 is 19.4 Å². The molecule has 0 atom stereocenters. The summed E-state index contributed by atoms with van der Waals surface area (Å²) in [5, 5.41) is 14.0. The normalized spacial score (nSPS) is 10.4. The first-order valence-electron chi connectivity index (χ1n) is 8.57. The molecule has 0 saturated carbocycles. The van der Waals surface area contributed by atoms with Crippen molar-refractivity contribution in [1.82, 2.24) is 20.6 Å². The monoisotopic (exact) mass is 380 g/mol. The van der Waals surface area contributed by atoms with Gasteiger partial charge in [-0.1, -0.05) is 30.3 Å². The van der Waals surface area contributed by atoms with E-state index >= 15 is 0 Å². The van der Waals surface area contributed by atoms with E-state index < -0.39 is 11.8 Å². The fourth-order valence-corrected chi connectivity index (χ4v) is 2.47. The number of aromatic nitrogens is 2. The van der Waals surface area contributed by atoms with E-state index in [0.29, 0.717) is 11.4 Å². The van der Waals surface area contributed by atoms with Crippen molar-refractivity contribution in [2.45, 2.75) is 13.8 Å². The van der Waals surface area contributed by atoms with E-state index in [1.165, 1.54) is 10.9 Å². The molecule has 144 valence electrons. The zero-order valence-corrected chi connectivity index (χ0v) is 15.5. The molecule has 1 aromatic heterocycles. The maximum absolute atomic E-state index is 12.2. The van der Waals surface area contributed by atoms with E-state index in [4.69, 9.17) is 4.74 Å². The molecule has 28 heavy (non-hydrogen) atoms. The number of ether oxygens (including phenoxy) is 1. The van der Waals surface area contributed by atoms with Gasteiger partial charge in [-0.3, -0.25) is 20.4 Å². The van der Waals surface area contributed by atoms with Crippen molar-refractivity contribution in [2.75, 3.05) is 6.61 Å². The Morgan fingerprint density at radius 3 is 2.61 bits per heavy atom. The van der Waals surface area contributed by atoms with E-state index in [-0.39, 0.29) is 18.1 Å². The minimum Gasteiger partial charge on any atom is -0.504 e. The number of hydrazine groups is 1. The van der Waals surface area contributed by atoms with Gasteiger partial charge in [-0.25, -0.2) is 4.68 Å². The number of para-hydroxylation sites is 1. The Hall–Kier alpha value is -3.81. The van der Waals surface area contributed by atoms with Gasteiger partial charge in [0.25, 0.3) is 11.8 Å². The maximum atomic E-state index is 12.2. The number of hydrogen-bond acceptors (Lipinski definition) is 5. The summed E-state index contributed by atoms with van der Waals surface area (Å²) in [6, 6.07) is 14.7. The highest BCUT2D eigenvalue weighted by Gasteiger charge is 2.18. The highest BCUT2D eigenvalue weighted by Crippen LogP contribution is 2.19. The molecule has 1 heterocycles. The van der Waals surface area contributed by atoms with Crippen molar-refractivity contribution in [1.29, 1.82) is 0 Å². The number of aryl methyl sites for hydroxylation is 2. The van der Waals surface area contributed by atoms with Gasteiger partial charge in [0.2, 0.25) is 0 Å². The second-order valence-corrected chi connectivity index (χ2v) is 6.20. The molecular weight excluding hydrogens is 360 g/mol. The third-order valence-corrected chi connectivity index (χ3v) is 3.95. The Morgan fingerprint density at radius 2 is 1.86 bits per heavy atom. The minimum absolute atomic E-state index is 0.209. The van der Waals surface area contributed by atoms with Crippen molar-refractivity contribution in [3.8, 4) is 17.2 Å². The van der Waals surface area contributed by atoms with Crippen LogP contribution in [0.25, 0.3) is 5.69 Å². The topological polar surface area (TPSA) is 105 Å². The van der Waals surface area contributed by atoms with Crippen LogP contribution in [0.4, 0.5) is 0 Å². The number of rotatable bonds is 5. The van der Waals surface area contributed by atoms with E-state index in [1.807, 2.05) is 50.2 Å². The molecular formula is C20H20N4O4. The van der Waals surface area contributed by atoms with E-state index in [9.17, 15) is 14.7 Å². The summed E-state index contributed by atoms with van der Waals surface area (Å²) in [5.74, 6) is -0.994. The van der Waals surface area contributed by atoms with Gasteiger partial charge in [-0.15, -0.1) is 0 Å². The molecule has 0 fully saturated rings. The van der Waals surface area contributed by atoms with Crippen LogP contribution in [-0.2, 0) is 4.79 Å². The average Bonchev–Trinajstić information content (AvgIpc) is 3.09. The van der Waals surface area contributed by atoms with Gasteiger partial charge in [-0.05, 0) is 43.2 Å². The number of aromatic hydroxyl groups is 1. The summed E-state index contributed by atoms with van der Waals surface area (Å²) in [6.45, 7) is 3.53. The molecule has 3 aromatic rings. The van der Waals surface area contributed by atoms with Crippen LogP contribution in [0.3, 0.4) is 0 Å². The number of benzene rings is 2. The van der Waals surface area contributed by atoms with Gasteiger partial charge in [0, 0.05) is 0 Å². The molecule has 0 spiro atoms. The molecule has 3 N–H and O–H groups in total. The average molecular weight is 380 g/mol. The fourth-order valence-electron chi connectivity index (χ4n) is 2.47. The Labute approximate surface area is 161 Å². The van der Waals surface area contributed by atoms with Crippen molar-refractivity contribution in [3.63, 3.8) is 0 Å². The summed E-state index contributed by atoms with van der Waals surface area (Å²) in [6.07, 6.45) is 1.32. The lowest BCUT2D eigenvalue weighted by Crippen LogP contribution is -2.44. The minimum atomic E-state index is -0.743. The third kappa shape index (κ3) is 4.47. The van der Waals surface area contributed by atoms with E-state index in [0.717, 1.165) is 11.1 Å². The van der Waals surface area contributed by atoms with E-state index in [2.05, 4.69) is 16.0 Å². The largest absolute Gasteiger partial charge is 0.504 e. The molecule has 2 amide bonds. The van der Waals surface area contributed by atoms with Gasteiger partial charge >= 0.3 is 0 Å².